The fraction of sp³-hybridized carbons (Fsp3) is 1.00. The van der Waals surface area contributed by atoms with Gasteiger partial charge in [0.15, 0.2) is 0 Å². The zero-order chi connectivity index (χ0) is 7.49. The molecule has 0 saturated heterocycles. The normalized spacial score (nSPS) is 15.6. The number of hydrogen-bond acceptors (Lipinski definition) is 3. The summed E-state index contributed by atoms with van der Waals surface area (Å²) in [5.74, 6) is -0.711. The Morgan fingerprint density at radius 3 is 2.33 bits per heavy atom. The standard InChI is InChI=1S/C3H10NO3PS/c1-9-2-3(4)8(5,6)7/h3H,2,4H2,1H3,(H2,5,6,7). The Morgan fingerprint density at radius 1 is 1.78 bits per heavy atom. The van der Waals surface area contributed by atoms with Crippen LogP contribution in [0, 0.1) is 0 Å². The second-order valence-corrected chi connectivity index (χ2v) is 4.36. The molecule has 0 spiro atoms. The summed E-state index contributed by atoms with van der Waals surface area (Å²) in [7, 11) is -4.02. The molecule has 0 aromatic rings. The smallest absolute Gasteiger partial charge is 0.323 e. The first kappa shape index (κ1) is 9.46. The van der Waals surface area contributed by atoms with Gasteiger partial charge in [0.25, 0.3) is 0 Å². The van der Waals surface area contributed by atoms with Crippen molar-refractivity contribution >= 4 is 19.4 Å². The summed E-state index contributed by atoms with van der Waals surface area (Å²) in [6.07, 6.45) is 1.75. The molecule has 9 heavy (non-hydrogen) atoms. The molecule has 1 atom stereocenters. The summed E-state index contributed by atoms with van der Waals surface area (Å²) < 4.78 is 10.3. The maximum atomic E-state index is 10.3. The molecule has 0 heterocycles. The van der Waals surface area contributed by atoms with Crippen LogP contribution in [0.25, 0.3) is 0 Å². The van der Waals surface area contributed by atoms with E-state index in [1.165, 1.54) is 11.8 Å². The molecule has 0 aliphatic rings. The van der Waals surface area contributed by atoms with E-state index in [0.29, 0.717) is 5.75 Å². The molecule has 0 fully saturated rings. The highest BCUT2D eigenvalue weighted by Gasteiger charge is 2.23. The van der Waals surface area contributed by atoms with Gasteiger partial charge in [-0.3, -0.25) is 4.57 Å². The largest absolute Gasteiger partial charge is 0.342 e. The van der Waals surface area contributed by atoms with Crippen molar-refractivity contribution in [3.05, 3.63) is 0 Å². The molecule has 0 radical (unpaired) electrons. The Bertz CT molecular complexity index is 124. The fourth-order valence-electron chi connectivity index (χ4n) is 0.268. The molecule has 0 rings (SSSR count). The molecule has 0 aliphatic carbocycles. The maximum absolute atomic E-state index is 10.3. The minimum absolute atomic E-state index is 0.296. The van der Waals surface area contributed by atoms with Crippen molar-refractivity contribution in [2.75, 3.05) is 12.0 Å². The minimum atomic E-state index is -4.02. The molecule has 0 aliphatic heterocycles. The summed E-state index contributed by atoms with van der Waals surface area (Å²) in [4.78, 5) is 16.8. The number of rotatable bonds is 3. The van der Waals surface area contributed by atoms with E-state index in [1.54, 1.807) is 6.26 Å². The third-order valence-corrected chi connectivity index (χ3v) is 2.76. The van der Waals surface area contributed by atoms with Crippen LogP contribution >= 0.6 is 19.4 Å². The van der Waals surface area contributed by atoms with E-state index in [-0.39, 0.29) is 0 Å². The van der Waals surface area contributed by atoms with Crippen LogP contribution < -0.4 is 5.73 Å². The van der Waals surface area contributed by atoms with Crippen molar-refractivity contribution in [3.8, 4) is 0 Å². The molecule has 0 aromatic carbocycles. The average molecular weight is 171 g/mol. The lowest BCUT2D eigenvalue weighted by molar-refractivity contribution is 0.362. The van der Waals surface area contributed by atoms with Crippen LogP contribution in [0.5, 0.6) is 0 Å². The van der Waals surface area contributed by atoms with Crippen molar-refractivity contribution in [2.24, 2.45) is 5.73 Å². The number of nitrogens with two attached hydrogens (primary N) is 1. The third kappa shape index (κ3) is 3.95. The molecule has 0 aromatic heterocycles. The second kappa shape index (κ2) is 3.58. The molecule has 4 N–H and O–H groups in total. The quantitative estimate of drug-likeness (QED) is 0.513. The van der Waals surface area contributed by atoms with E-state index in [2.05, 4.69) is 0 Å². The third-order valence-electron chi connectivity index (χ3n) is 0.769. The highest BCUT2D eigenvalue weighted by atomic mass is 32.2. The van der Waals surface area contributed by atoms with Crippen LogP contribution in [0.3, 0.4) is 0 Å². The fourth-order valence-corrected chi connectivity index (χ4v) is 1.83. The second-order valence-electron chi connectivity index (χ2n) is 1.61. The van der Waals surface area contributed by atoms with E-state index in [0.717, 1.165) is 0 Å². The predicted molar refractivity (Wildman–Crippen MR) is 38.4 cm³/mol. The van der Waals surface area contributed by atoms with Gasteiger partial charge in [-0.25, -0.2) is 0 Å². The predicted octanol–water partition coefficient (Wildman–Crippen LogP) is -0.188. The van der Waals surface area contributed by atoms with Crippen LogP contribution in [0.2, 0.25) is 0 Å². The molecule has 6 heteroatoms. The van der Waals surface area contributed by atoms with E-state index in [9.17, 15) is 4.57 Å². The van der Waals surface area contributed by atoms with E-state index >= 15 is 0 Å². The molecule has 56 valence electrons. The summed E-state index contributed by atoms with van der Waals surface area (Å²) in [6, 6.07) is 0. The van der Waals surface area contributed by atoms with Gasteiger partial charge in [-0.1, -0.05) is 0 Å². The molecular formula is C3H10NO3PS. The van der Waals surface area contributed by atoms with Gasteiger partial charge < -0.3 is 15.5 Å². The lowest BCUT2D eigenvalue weighted by atomic mass is 10.8. The lowest BCUT2D eigenvalue weighted by Crippen LogP contribution is -2.22. The maximum Gasteiger partial charge on any atom is 0.342 e. The van der Waals surface area contributed by atoms with Crippen molar-refractivity contribution in [1.82, 2.24) is 0 Å². The Kier molecular flexibility index (Phi) is 3.77. The van der Waals surface area contributed by atoms with Crippen LogP contribution in [0.15, 0.2) is 0 Å². The Morgan fingerprint density at radius 2 is 2.22 bits per heavy atom. The van der Waals surface area contributed by atoms with Crippen molar-refractivity contribution in [2.45, 2.75) is 5.78 Å². The van der Waals surface area contributed by atoms with Crippen LogP contribution in [-0.4, -0.2) is 27.6 Å². The summed E-state index contributed by atoms with van der Waals surface area (Å²) in [6.45, 7) is 0. The molecular weight excluding hydrogens is 161 g/mol. The van der Waals surface area contributed by atoms with Gasteiger partial charge in [0.05, 0.1) is 0 Å². The van der Waals surface area contributed by atoms with Gasteiger partial charge in [0.1, 0.15) is 5.78 Å². The first-order chi connectivity index (χ1) is 3.98. The zero-order valence-corrected chi connectivity index (χ0v) is 6.73. The minimum Gasteiger partial charge on any atom is -0.323 e. The molecule has 4 nitrogen and oxygen atoms in total. The van der Waals surface area contributed by atoms with Crippen LogP contribution in [-0.2, 0) is 4.57 Å². The van der Waals surface area contributed by atoms with Crippen molar-refractivity contribution < 1.29 is 14.4 Å². The summed E-state index contributed by atoms with van der Waals surface area (Å²) in [5.41, 5.74) is 5.08. The average Bonchev–Trinajstić information content (AvgIpc) is 1.64. The van der Waals surface area contributed by atoms with Gasteiger partial charge in [-0.05, 0) is 6.26 Å². The van der Waals surface area contributed by atoms with E-state index in [4.69, 9.17) is 15.5 Å². The lowest BCUT2D eigenvalue weighted by Gasteiger charge is -2.10. The highest BCUT2D eigenvalue weighted by Crippen LogP contribution is 2.38. The first-order valence-corrected chi connectivity index (χ1v) is 5.35. The van der Waals surface area contributed by atoms with Gasteiger partial charge >= 0.3 is 7.60 Å². The van der Waals surface area contributed by atoms with Gasteiger partial charge in [-0.15, -0.1) is 0 Å². The Hall–Kier alpha value is 0.460. The Labute approximate surface area is 58.0 Å². The van der Waals surface area contributed by atoms with E-state index < -0.39 is 13.4 Å². The van der Waals surface area contributed by atoms with Gasteiger partial charge in [-0.2, -0.15) is 11.8 Å². The van der Waals surface area contributed by atoms with E-state index in [1.807, 2.05) is 0 Å². The number of thioether (sulfide) groups is 1. The van der Waals surface area contributed by atoms with Gasteiger partial charge in [0, 0.05) is 5.75 Å². The zero-order valence-electron chi connectivity index (χ0n) is 5.02. The first-order valence-electron chi connectivity index (χ1n) is 2.28. The van der Waals surface area contributed by atoms with Gasteiger partial charge in [0.2, 0.25) is 0 Å². The van der Waals surface area contributed by atoms with Crippen LogP contribution in [0.1, 0.15) is 0 Å². The summed E-state index contributed by atoms with van der Waals surface area (Å²) >= 11 is 1.32. The van der Waals surface area contributed by atoms with Crippen LogP contribution in [0.4, 0.5) is 0 Å². The van der Waals surface area contributed by atoms with Crippen molar-refractivity contribution in [3.63, 3.8) is 0 Å². The topological polar surface area (TPSA) is 83.6 Å². The highest BCUT2D eigenvalue weighted by molar-refractivity contribution is 7.98. The molecule has 0 saturated carbocycles. The molecule has 1 unspecified atom stereocenters. The molecule has 0 amide bonds. The molecule has 0 bridgehead atoms. The SMILES string of the molecule is CSCC(N)P(=O)(O)O. The monoisotopic (exact) mass is 171 g/mol. The van der Waals surface area contributed by atoms with Crippen molar-refractivity contribution in [1.29, 1.82) is 0 Å². The summed E-state index contributed by atoms with van der Waals surface area (Å²) in [5, 5.41) is 0. The number of hydrogen-bond donors (Lipinski definition) is 3. The Balaban J connectivity index is 3.74.